The van der Waals surface area contributed by atoms with Gasteiger partial charge in [0.25, 0.3) is 0 Å². The molecule has 1 aromatic carbocycles. The Morgan fingerprint density at radius 1 is 0.939 bits per heavy atom. The van der Waals surface area contributed by atoms with Crippen molar-refractivity contribution < 1.29 is 28.2 Å². The molecule has 0 aliphatic carbocycles. The number of para-hydroxylation sites is 1. The third-order valence-corrected chi connectivity index (χ3v) is 5.29. The molecule has 0 spiro atoms. The predicted octanol–water partition coefficient (Wildman–Crippen LogP) is 5.02. The molecule has 3 aromatic heterocycles. The van der Waals surface area contributed by atoms with Crippen molar-refractivity contribution >= 4 is 34.0 Å². The second kappa shape index (κ2) is 8.90. The van der Waals surface area contributed by atoms with Gasteiger partial charge in [-0.05, 0) is 39.8 Å². The number of benzene rings is 1. The van der Waals surface area contributed by atoms with E-state index in [1.54, 1.807) is 33.8 Å². The summed E-state index contributed by atoms with van der Waals surface area (Å²) in [4.78, 5) is 35.2. The lowest BCUT2D eigenvalue weighted by Gasteiger charge is -2.17. The summed E-state index contributed by atoms with van der Waals surface area (Å²) < 4.78 is 22.1. The fraction of sp³-hybridized carbons (Fsp3) is 0.280. The van der Waals surface area contributed by atoms with Crippen molar-refractivity contribution in [3.63, 3.8) is 0 Å². The van der Waals surface area contributed by atoms with Crippen LogP contribution >= 0.6 is 0 Å². The van der Waals surface area contributed by atoms with Gasteiger partial charge >= 0.3 is 11.9 Å². The lowest BCUT2D eigenvalue weighted by Crippen LogP contribution is -2.18. The van der Waals surface area contributed by atoms with Crippen LogP contribution in [-0.4, -0.2) is 42.2 Å². The number of hydrogen-bond donors (Lipinski definition) is 0. The fourth-order valence-corrected chi connectivity index (χ4v) is 3.94. The average Bonchev–Trinajstić information content (AvgIpc) is 3.16. The summed E-state index contributed by atoms with van der Waals surface area (Å²) in [5, 5.41) is 0.783. The Kier molecular flexibility index (Phi) is 6.00. The van der Waals surface area contributed by atoms with Gasteiger partial charge in [-0.2, -0.15) is 0 Å². The van der Waals surface area contributed by atoms with Crippen LogP contribution in [0.3, 0.4) is 0 Å². The summed E-state index contributed by atoms with van der Waals surface area (Å²) in [5.74, 6) is -0.773. The van der Waals surface area contributed by atoms with Crippen molar-refractivity contribution in [1.82, 2.24) is 9.97 Å². The number of esters is 2. The molecule has 0 aliphatic rings. The van der Waals surface area contributed by atoms with Gasteiger partial charge in [-0.25, -0.2) is 14.6 Å². The maximum absolute atomic E-state index is 13.0. The van der Waals surface area contributed by atoms with Crippen molar-refractivity contribution in [2.75, 3.05) is 20.3 Å². The first-order valence-corrected chi connectivity index (χ1v) is 10.6. The highest BCUT2D eigenvalue weighted by Crippen LogP contribution is 2.39. The average molecular weight is 448 g/mol. The van der Waals surface area contributed by atoms with Crippen molar-refractivity contribution in [2.24, 2.45) is 0 Å². The van der Waals surface area contributed by atoms with Gasteiger partial charge in [-0.3, -0.25) is 4.98 Å². The molecule has 0 saturated carbocycles. The van der Waals surface area contributed by atoms with Gasteiger partial charge in [0.15, 0.2) is 11.3 Å². The largest absolute Gasteiger partial charge is 0.493 e. The van der Waals surface area contributed by atoms with Gasteiger partial charge in [0.2, 0.25) is 0 Å². The first kappa shape index (κ1) is 22.3. The zero-order valence-electron chi connectivity index (χ0n) is 19.1. The number of furan rings is 1. The zero-order chi connectivity index (χ0) is 23.7. The van der Waals surface area contributed by atoms with Gasteiger partial charge in [0, 0.05) is 17.0 Å². The number of aryl methyl sites for hydroxylation is 2. The summed E-state index contributed by atoms with van der Waals surface area (Å²) in [5.41, 5.74) is 3.48. The predicted molar refractivity (Wildman–Crippen MR) is 123 cm³/mol. The van der Waals surface area contributed by atoms with E-state index in [0.29, 0.717) is 45.1 Å². The summed E-state index contributed by atoms with van der Waals surface area (Å²) in [6.07, 6.45) is 0. The second-order valence-electron chi connectivity index (χ2n) is 7.33. The zero-order valence-corrected chi connectivity index (χ0v) is 19.1. The highest BCUT2D eigenvalue weighted by Gasteiger charge is 2.30. The lowest BCUT2D eigenvalue weighted by atomic mass is 9.95. The van der Waals surface area contributed by atoms with Crippen molar-refractivity contribution in [1.29, 1.82) is 0 Å². The highest BCUT2D eigenvalue weighted by molar-refractivity contribution is 6.09. The van der Waals surface area contributed by atoms with Crippen molar-refractivity contribution in [3.05, 3.63) is 52.8 Å². The first-order chi connectivity index (χ1) is 15.9. The number of carbonyl (C=O) groups excluding carboxylic acids is 2. The Morgan fingerprint density at radius 3 is 2.12 bits per heavy atom. The molecule has 4 rings (SSSR count). The highest BCUT2D eigenvalue weighted by atomic mass is 16.5. The molecule has 0 amide bonds. The molecule has 170 valence electrons. The molecule has 0 saturated heterocycles. The van der Waals surface area contributed by atoms with Crippen LogP contribution in [0.2, 0.25) is 0 Å². The van der Waals surface area contributed by atoms with Crippen LogP contribution in [0.25, 0.3) is 33.3 Å². The van der Waals surface area contributed by atoms with E-state index in [2.05, 4.69) is 4.98 Å². The van der Waals surface area contributed by atoms with Crippen LogP contribution in [0.15, 0.2) is 34.7 Å². The first-order valence-electron chi connectivity index (χ1n) is 10.6. The quantitative estimate of drug-likeness (QED) is 0.379. The fourth-order valence-electron chi connectivity index (χ4n) is 3.94. The molecule has 8 heteroatoms. The Balaban J connectivity index is 2.13. The number of carbonyl (C=O) groups is 2. The van der Waals surface area contributed by atoms with E-state index in [1.165, 1.54) is 7.11 Å². The van der Waals surface area contributed by atoms with Crippen LogP contribution < -0.4 is 4.74 Å². The molecule has 0 bridgehead atoms. The van der Waals surface area contributed by atoms with Gasteiger partial charge in [0.1, 0.15) is 11.1 Å². The summed E-state index contributed by atoms with van der Waals surface area (Å²) in [6, 6.07) is 9.12. The maximum Gasteiger partial charge on any atom is 0.340 e. The Morgan fingerprint density at radius 2 is 1.55 bits per heavy atom. The van der Waals surface area contributed by atoms with Crippen LogP contribution in [0.1, 0.15) is 46.0 Å². The molecule has 0 aliphatic heterocycles. The van der Waals surface area contributed by atoms with Crippen molar-refractivity contribution in [3.8, 4) is 17.0 Å². The van der Waals surface area contributed by atoms with E-state index in [9.17, 15) is 9.59 Å². The third-order valence-electron chi connectivity index (χ3n) is 5.29. The topological polar surface area (TPSA) is 101 Å². The number of ether oxygens (including phenoxy) is 3. The summed E-state index contributed by atoms with van der Waals surface area (Å²) in [7, 11) is 1.52. The van der Waals surface area contributed by atoms with E-state index >= 15 is 0 Å². The minimum Gasteiger partial charge on any atom is -0.493 e. The molecule has 3 heterocycles. The van der Waals surface area contributed by atoms with Gasteiger partial charge < -0.3 is 18.6 Å². The molecule has 8 nitrogen and oxygen atoms in total. The van der Waals surface area contributed by atoms with Crippen LogP contribution in [0.4, 0.5) is 0 Å². The van der Waals surface area contributed by atoms with Gasteiger partial charge in [-0.1, -0.05) is 12.1 Å². The Bertz CT molecular complexity index is 1350. The van der Waals surface area contributed by atoms with E-state index in [1.807, 2.05) is 24.3 Å². The van der Waals surface area contributed by atoms with Crippen LogP contribution in [0.5, 0.6) is 5.75 Å². The molecule has 4 aromatic rings. The molecular weight excluding hydrogens is 424 g/mol. The molecule has 0 fully saturated rings. The Labute approximate surface area is 190 Å². The molecule has 0 radical (unpaired) electrons. The number of aromatic nitrogens is 2. The van der Waals surface area contributed by atoms with E-state index in [0.717, 1.165) is 5.39 Å². The molecule has 0 unspecified atom stereocenters. The summed E-state index contributed by atoms with van der Waals surface area (Å²) >= 11 is 0. The van der Waals surface area contributed by atoms with E-state index in [-0.39, 0.29) is 24.3 Å². The maximum atomic E-state index is 13.0. The SMILES string of the molecule is CCOC(=O)c1c(C)nc(C)c(C(=O)OCC)c1-c1cc(OC)c2oc3ccccc3c2n1. The second-order valence-corrected chi connectivity index (χ2v) is 7.33. The van der Waals surface area contributed by atoms with Crippen molar-refractivity contribution in [2.45, 2.75) is 27.7 Å². The smallest absolute Gasteiger partial charge is 0.340 e. The number of hydrogen-bond acceptors (Lipinski definition) is 8. The van der Waals surface area contributed by atoms with Crippen LogP contribution in [-0.2, 0) is 9.47 Å². The number of rotatable bonds is 6. The number of fused-ring (bicyclic) bond motifs is 3. The van der Waals surface area contributed by atoms with E-state index < -0.39 is 11.9 Å². The minimum atomic E-state index is -0.596. The van der Waals surface area contributed by atoms with Gasteiger partial charge in [0.05, 0.1) is 48.5 Å². The third kappa shape index (κ3) is 3.77. The standard InChI is InChI=1S/C25H24N2O6/c1-6-31-24(28)19-13(3)26-14(4)20(25(29)32-7-2)21(19)16-12-18(30-5)23-22(27-16)15-10-8-9-11-17(15)33-23/h8-12H,6-7H2,1-5H3. The molecule has 0 N–H and O–H groups in total. The number of methoxy groups -OCH3 is 1. The number of nitrogens with zero attached hydrogens (tertiary/aromatic N) is 2. The number of pyridine rings is 2. The molecular formula is C25H24N2O6. The van der Waals surface area contributed by atoms with E-state index in [4.69, 9.17) is 23.6 Å². The Hall–Kier alpha value is -3.94. The molecule has 33 heavy (non-hydrogen) atoms. The van der Waals surface area contributed by atoms with Gasteiger partial charge in [-0.15, -0.1) is 0 Å². The monoisotopic (exact) mass is 448 g/mol. The lowest BCUT2D eigenvalue weighted by molar-refractivity contribution is 0.0525. The van der Waals surface area contributed by atoms with Crippen LogP contribution in [0, 0.1) is 13.8 Å². The normalized spacial score (nSPS) is 11.1. The summed E-state index contributed by atoms with van der Waals surface area (Å²) in [6.45, 7) is 7.16. The minimum absolute atomic E-state index is 0.159. The molecule has 0 atom stereocenters.